The highest BCUT2D eigenvalue weighted by Crippen LogP contribution is 2.12. The second-order valence-corrected chi connectivity index (χ2v) is 5.33. The first-order valence-corrected chi connectivity index (χ1v) is 6.47. The normalized spacial score (nSPS) is 22.9. The van der Waals surface area contributed by atoms with Gasteiger partial charge in [0.25, 0.3) is 0 Å². The molecule has 1 saturated heterocycles. The molecule has 0 spiro atoms. The van der Waals surface area contributed by atoms with E-state index in [4.69, 9.17) is 0 Å². The van der Waals surface area contributed by atoms with Crippen LogP contribution in [0.15, 0.2) is 17.2 Å². The maximum absolute atomic E-state index is 11.9. The molecule has 0 aromatic carbocycles. The van der Waals surface area contributed by atoms with Crippen molar-refractivity contribution in [3.63, 3.8) is 0 Å². The van der Waals surface area contributed by atoms with Crippen LogP contribution in [0, 0.1) is 12.8 Å². The number of nitrogens with one attached hydrogen (secondary N) is 1. The Morgan fingerprint density at radius 2 is 2.40 bits per heavy atom. The highest BCUT2D eigenvalue weighted by molar-refractivity contribution is 7.84. The molecule has 1 N–H and O–H groups in total. The molecule has 0 saturated carbocycles. The van der Waals surface area contributed by atoms with Gasteiger partial charge in [-0.05, 0) is 44.5 Å². The van der Waals surface area contributed by atoms with Crippen LogP contribution in [-0.2, 0) is 10.8 Å². The summed E-state index contributed by atoms with van der Waals surface area (Å²) in [7, 11) is -0.995. The average Bonchev–Trinajstić information content (AvgIpc) is 2.71. The minimum atomic E-state index is -0.995. The summed E-state index contributed by atoms with van der Waals surface area (Å²) >= 11 is 0. The minimum Gasteiger partial charge on any atom is -0.316 e. The van der Waals surface area contributed by atoms with Gasteiger partial charge in [0, 0.05) is 5.75 Å². The quantitative estimate of drug-likeness (QED) is 0.814. The van der Waals surface area contributed by atoms with Crippen LogP contribution >= 0.6 is 0 Å². The number of hydrogen-bond donors (Lipinski definition) is 1. The molecule has 0 radical (unpaired) electrons. The number of aryl methyl sites for hydroxylation is 1. The SMILES string of the molecule is Cc1ccc([S@](=O)C[C@@H]2CCNC2)nn1. The first-order chi connectivity index (χ1) is 7.25. The third kappa shape index (κ3) is 2.82. The van der Waals surface area contributed by atoms with Gasteiger partial charge in [-0.15, -0.1) is 5.10 Å². The Kier molecular flexibility index (Phi) is 3.43. The van der Waals surface area contributed by atoms with Gasteiger partial charge < -0.3 is 5.32 Å². The van der Waals surface area contributed by atoms with Crippen LogP contribution in [0.5, 0.6) is 0 Å². The fourth-order valence-corrected chi connectivity index (χ4v) is 2.90. The second-order valence-electron chi connectivity index (χ2n) is 3.88. The number of rotatable bonds is 3. The Balaban J connectivity index is 1.98. The molecule has 0 unspecified atom stereocenters. The zero-order valence-electron chi connectivity index (χ0n) is 8.77. The summed E-state index contributed by atoms with van der Waals surface area (Å²) in [5, 5.41) is 11.7. The predicted octanol–water partition coefficient (Wildman–Crippen LogP) is 0.502. The smallest absolute Gasteiger partial charge is 0.149 e. The molecule has 1 aliphatic heterocycles. The van der Waals surface area contributed by atoms with E-state index in [1.807, 2.05) is 13.0 Å². The predicted molar refractivity (Wildman–Crippen MR) is 59.0 cm³/mol. The van der Waals surface area contributed by atoms with E-state index in [1.54, 1.807) is 6.07 Å². The third-order valence-corrected chi connectivity index (χ3v) is 4.01. The lowest BCUT2D eigenvalue weighted by atomic mass is 10.2. The van der Waals surface area contributed by atoms with Gasteiger partial charge in [-0.2, -0.15) is 5.10 Å². The molecule has 0 aliphatic carbocycles. The fourth-order valence-electron chi connectivity index (χ4n) is 1.66. The highest BCUT2D eigenvalue weighted by Gasteiger charge is 2.18. The van der Waals surface area contributed by atoms with Crippen molar-refractivity contribution in [3.05, 3.63) is 17.8 Å². The highest BCUT2D eigenvalue weighted by atomic mass is 32.2. The Morgan fingerprint density at radius 3 is 3.00 bits per heavy atom. The summed E-state index contributed by atoms with van der Waals surface area (Å²) in [5.74, 6) is 1.22. The molecule has 2 rings (SSSR count). The van der Waals surface area contributed by atoms with Crippen LogP contribution in [0.2, 0.25) is 0 Å². The van der Waals surface area contributed by atoms with Crippen LogP contribution < -0.4 is 5.32 Å². The number of hydrogen-bond acceptors (Lipinski definition) is 4. The van der Waals surface area contributed by atoms with Gasteiger partial charge in [0.15, 0.2) is 0 Å². The number of aromatic nitrogens is 2. The zero-order valence-corrected chi connectivity index (χ0v) is 9.59. The van der Waals surface area contributed by atoms with Crippen molar-refractivity contribution in [2.24, 2.45) is 5.92 Å². The van der Waals surface area contributed by atoms with E-state index in [0.29, 0.717) is 16.7 Å². The molecule has 0 amide bonds. The Labute approximate surface area is 91.9 Å². The monoisotopic (exact) mass is 225 g/mol. The second kappa shape index (κ2) is 4.81. The molecule has 15 heavy (non-hydrogen) atoms. The molecule has 5 heteroatoms. The zero-order chi connectivity index (χ0) is 10.7. The van der Waals surface area contributed by atoms with Gasteiger partial charge in [0.1, 0.15) is 5.03 Å². The van der Waals surface area contributed by atoms with Gasteiger partial charge in [-0.3, -0.25) is 4.21 Å². The summed E-state index contributed by atoms with van der Waals surface area (Å²) in [6.07, 6.45) is 1.12. The average molecular weight is 225 g/mol. The van der Waals surface area contributed by atoms with Crippen molar-refractivity contribution in [1.82, 2.24) is 15.5 Å². The first-order valence-electron chi connectivity index (χ1n) is 5.15. The molecule has 1 aromatic rings. The van der Waals surface area contributed by atoms with Crippen LogP contribution in [0.4, 0.5) is 0 Å². The molecule has 4 nitrogen and oxygen atoms in total. The lowest BCUT2D eigenvalue weighted by Gasteiger charge is -2.06. The summed E-state index contributed by atoms with van der Waals surface area (Å²) in [5.41, 5.74) is 0.860. The standard InChI is InChI=1S/C10H15N3OS/c1-8-2-3-10(13-12-8)15(14)7-9-4-5-11-6-9/h2-3,9,11H,4-7H2,1H3/t9-,15-/m1/s1. The van der Waals surface area contributed by atoms with E-state index < -0.39 is 10.8 Å². The summed E-state index contributed by atoms with van der Waals surface area (Å²) < 4.78 is 11.9. The van der Waals surface area contributed by atoms with Gasteiger partial charge in [0.2, 0.25) is 0 Å². The topological polar surface area (TPSA) is 54.9 Å². The number of nitrogens with zero attached hydrogens (tertiary/aromatic N) is 2. The van der Waals surface area contributed by atoms with E-state index >= 15 is 0 Å². The van der Waals surface area contributed by atoms with Crippen molar-refractivity contribution in [2.45, 2.75) is 18.4 Å². The lowest BCUT2D eigenvalue weighted by molar-refractivity contribution is 0.629. The molecule has 2 atom stereocenters. The van der Waals surface area contributed by atoms with Gasteiger partial charge in [0.05, 0.1) is 16.5 Å². The Morgan fingerprint density at radius 1 is 1.53 bits per heavy atom. The van der Waals surface area contributed by atoms with E-state index in [2.05, 4.69) is 15.5 Å². The van der Waals surface area contributed by atoms with Crippen molar-refractivity contribution in [1.29, 1.82) is 0 Å². The van der Waals surface area contributed by atoms with E-state index in [1.165, 1.54) is 0 Å². The third-order valence-electron chi connectivity index (χ3n) is 2.56. The summed E-state index contributed by atoms with van der Waals surface area (Å²) in [4.78, 5) is 0. The Hall–Kier alpha value is -0.810. The largest absolute Gasteiger partial charge is 0.316 e. The minimum absolute atomic E-state index is 0.522. The van der Waals surface area contributed by atoms with Crippen molar-refractivity contribution < 1.29 is 4.21 Å². The maximum atomic E-state index is 11.9. The molecular formula is C10H15N3OS. The van der Waals surface area contributed by atoms with Crippen molar-refractivity contribution >= 4 is 10.8 Å². The molecular weight excluding hydrogens is 210 g/mol. The molecule has 82 valence electrons. The first kappa shape index (κ1) is 10.7. The molecule has 2 heterocycles. The van der Waals surface area contributed by atoms with Crippen molar-refractivity contribution in [3.8, 4) is 0 Å². The van der Waals surface area contributed by atoms with E-state index in [0.717, 1.165) is 25.2 Å². The van der Waals surface area contributed by atoms with Crippen LogP contribution in [0.3, 0.4) is 0 Å². The Bertz CT molecular complexity index is 346. The van der Waals surface area contributed by atoms with Gasteiger partial charge in [-0.25, -0.2) is 0 Å². The van der Waals surface area contributed by atoms with Crippen LogP contribution in [0.25, 0.3) is 0 Å². The molecule has 1 aromatic heterocycles. The van der Waals surface area contributed by atoms with Gasteiger partial charge in [-0.1, -0.05) is 0 Å². The fraction of sp³-hybridized carbons (Fsp3) is 0.600. The lowest BCUT2D eigenvalue weighted by Crippen LogP contribution is -2.15. The molecule has 0 bridgehead atoms. The summed E-state index contributed by atoms with van der Waals surface area (Å²) in [6.45, 7) is 3.90. The van der Waals surface area contributed by atoms with Crippen molar-refractivity contribution in [2.75, 3.05) is 18.8 Å². The van der Waals surface area contributed by atoms with E-state index in [9.17, 15) is 4.21 Å². The molecule has 1 fully saturated rings. The van der Waals surface area contributed by atoms with Crippen LogP contribution in [0.1, 0.15) is 12.1 Å². The van der Waals surface area contributed by atoms with Crippen LogP contribution in [-0.4, -0.2) is 33.2 Å². The van der Waals surface area contributed by atoms with Gasteiger partial charge >= 0.3 is 0 Å². The molecule has 1 aliphatic rings. The maximum Gasteiger partial charge on any atom is 0.149 e. The van der Waals surface area contributed by atoms with E-state index in [-0.39, 0.29) is 0 Å². The summed E-state index contributed by atoms with van der Waals surface area (Å²) in [6, 6.07) is 3.66.